The van der Waals surface area contributed by atoms with Crippen molar-refractivity contribution in [2.24, 2.45) is 5.10 Å². The molecular formula is C6H4N2O3. The first-order valence-electron chi connectivity index (χ1n) is 3.16. The third kappa shape index (κ3) is 0.485. The van der Waals surface area contributed by atoms with E-state index in [1.807, 2.05) is 0 Å². The van der Waals surface area contributed by atoms with Crippen molar-refractivity contribution in [3.63, 3.8) is 0 Å². The molecule has 1 aromatic heterocycles. The Morgan fingerprint density at radius 2 is 2.27 bits per heavy atom. The van der Waals surface area contributed by atoms with E-state index in [1.165, 1.54) is 0 Å². The van der Waals surface area contributed by atoms with Gasteiger partial charge >= 0.3 is 0 Å². The van der Waals surface area contributed by atoms with Crippen LogP contribution in [0.5, 0.6) is 11.5 Å². The number of anilines is 1. The molecule has 0 saturated heterocycles. The number of hydrogen-bond acceptors (Lipinski definition) is 5. The lowest BCUT2D eigenvalue weighted by molar-refractivity contribution is 0.167. The van der Waals surface area contributed by atoms with Crippen molar-refractivity contribution in [3.05, 3.63) is 5.76 Å². The summed E-state index contributed by atoms with van der Waals surface area (Å²) in [5, 5.41) is 3.81. The van der Waals surface area contributed by atoms with Crippen LogP contribution in [0.25, 0.3) is 0 Å². The van der Waals surface area contributed by atoms with Crippen molar-refractivity contribution in [1.29, 1.82) is 0 Å². The second-order valence-electron chi connectivity index (χ2n) is 2.23. The van der Waals surface area contributed by atoms with Crippen LogP contribution >= 0.6 is 0 Å². The number of ether oxygens (including phenoxy) is 2. The van der Waals surface area contributed by atoms with Crippen LogP contribution in [0.1, 0.15) is 5.76 Å². The zero-order valence-corrected chi connectivity index (χ0v) is 5.46. The molecule has 56 valence electrons. The van der Waals surface area contributed by atoms with E-state index < -0.39 is 0 Å². The van der Waals surface area contributed by atoms with E-state index in [-0.39, 0.29) is 6.79 Å². The Morgan fingerprint density at radius 1 is 1.36 bits per heavy atom. The van der Waals surface area contributed by atoms with E-state index in [2.05, 4.69) is 10.5 Å². The van der Waals surface area contributed by atoms with Crippen LogP contribution in [-0.4, -0.2) is 13.0 Å². The molecule has 1 N–H and O–H groups in total. The van der Waals surface area contributed by atoms with Gasteiger partial charge in [-0.15, -0.1) is 0 Å². The van der Waals surface area contributed by atoms with E-state index in [9.17, 15) is 0 Å². The molecule has 0 unspecified atom stereocenters. The fraction of sp³-hybridized carbons (Fsp3) is 0.167. The Morgan fingerprint density at radius 3 is 3.27 bits per heavy atom. The van der Waals surface area contributed by atoms with Gasteiger partial charge in [-0.1, -0.05) is 0 Å². The summed E-state index contributed by atoms with van der Waals surface area (Å²) < 4.78 is 15.5. The largest absolute Gasteiger partial charge is 0.449 e. The van der Waals surface area contributed by atoms with Gasteiger partial charge in [-0.3, -0.25) is 0 Å². The third-order valence-electron chi connectivity index (χ3n) is 1.60. The summed E-state index contributed by atoms with van der Waals surface area (Å²) in [5.74, 6) is 2.41. The molecule has 0 spiro atoms. The van der Waals surface area contributed by atoms with Gasteiger partial charge in [-0.2, -0.15) is 5.10 Å². The maximum Gasteiger partial charge on any atom is 0.261 e. The summed E-state index contributed by atoms with van der Waals surface area (Å²) in [5.41, 5.74) is 2.66. The van der Waals surface area contributed by atoms with Crippen LogP contribution in [0.3, 0.4) is 0 Å². The average molecular weight is 152 g/mol. The van der Waals surface area contributed by atoms with Crippen LogP contribution in [0.4, 0.5) is 5.88 Å². The molecule has 0 fully saturated rings. The number of nitrogens with zero attached hydrogens (tertiary/aromatic N) is 1. The van der Waals surface area contributed by atoms with Crippen molar-refractivity contribution < 1.29 is 13.9 Å². The predicted molar refractivity (Wildman–Crippen MR) is 36.0 cm³/mol. The van der Waals surface area contributed by atoms with Crippen molar-refractivity contribution in [3.8, 4) is 11.5 Å². The highest BCUT2D eigenvalue weighted by molar-refractivity contribution is 5.87. The molecule has 0 atom stereocenters. The molecule has 2 aliphatic heterocycles. The predicted octanol–water partition coefficient (Wildman–Crippen LogP) is 0.768. The standard InChI is InChI=1S/C6H4N2O3/c1-3-4-5(10-2-9-4)6(11-3)8-7-1/h1,8H,2H2. The van der Waals surface area contributed by atoms with Gasteiger partial charge in [0.2, 0.25) is 18.3 Å². The SMILES string of the molecule is C1=NNc2oc1c1c2OCO1. The number of rotatable bonds is 0. The first kappa shape index (κ1) is 5.06. The van der Waals surface area contributed by atoms with Gasteiger partial charge in [0.05, 0.1) is 6.21 Å². The van der Waals surface area contributed by atoms with Crippen molar-refractivity contribution in [2.45, 2.75) is 0 Å². The third-order valence-corrected chi connectivity index (χ3v) is 1.60. The summed E-state index contributed by atoms with van der Waals surface area (Å²) in [6.45, 7) is 0.260. The van der Waals surface area contributed by atoms with Gasteiger partial charge in [0.15, 0.2) is 5.76 Å². The maximum atomic E-state index is 5.21. The van der Waals surface area contributed by atoms with E-state index >= 15 is 0 Å². The number of furan rings is 1. The molecule has 11 heavy (non-hydrogen) atoms. The molecule has 3 rings (SSSR count). The molecular weight excluding hydrogens is 148 g/mol. The zero-order chi connectivity index (χ0) is 7.26. The minimum atomic E-state index is 0.260. The van der Waals surface area contributed by atoms with Crippen LogP contribution < -0.4 is 14.9 Å². The van der Waals surface area contributed by atoms with Crippen molar-refractivity contribution >= 4 is 12.1 Å². The molecule has 2 bridgehead atoms. The quantitative estimate of drug-likeness (QED) is 0.596. The minimum absolute atomic E-state index is 0.260. The first-order valence-corrected chi connectivity index (χ1v) is 3.16. The normalized spacial score (nSPS) is 16.7. The Bertz CT molecular complexity index is 342. The Labute approximate surface area is 61.6 Å². The Balaban J connectivity index is 2.32. The smallest absolute Gasteiger partial charge is 0.261 e. The van der Waals surface area contributed by atoms with Gasteiger partial charge in [0.1, 0.15) is 0 Å². The van der Waals surface area contributed by atoms with Crippen LogP contribution in [0, 0.1) is 0 Å². The van der Waals surface area contributed by atoms with Crippen LogP contribution in [0.2, 0.25) is 0 Å². The summed E-state index contributed by atoms with van der Waals surface area (Å²) in [4.78, 5) is 0. The lowest BCUT2D eigenvalue weighted by Crippen LogP contribution is -2.00. The van der Waals surface area contributed by atoms with E-state index in [0.29, 0.717) is 23.1 Å². The second-order valence-corrected chi connectivity index (χ2v) is 2.23. The summed E-state index contributed by atoms with van der Waals surface area (Å²) >= 11 is 0. The summed E-state index contributed by atoms with van der Waals surface area (Å²) in [6, 6.07) is 0. The van der Waals surface area contributed by atoms with Crippen LogP contribution in [0.15, 0.2) is 9.52 Å². The molecule has 5 nitrogen and oxygen atoms in total. The molecule has 5 heteroatoms. The van der Waals surface area contributed by atoms with E-state index in [1.54, 1.807) is 6.21 Å². The topological polar surface area (TPSA) is 56.0 Å². The fourth-order valence-electron chi connectivity index (χ4n) is 1.14. The molecule has 3 heterocycles. The van der Waals surface area contributed by atoms with Crippen molar-refractivity contribution in [1.82, 2.24) is 0 Å². The van der Waals surface area contributed by atoms with Gasteiger partial charge < -0.3 is 13.9 Å². The number of nitrogens with one attached hydrogen (secondary N) is 1. The highest BCUT2D eigenvalue weighted by Crippen LogP contribution is 2.45. The monoisotopic (exact) mass is 152 g/mol. The first-order chi connectivity index (χ1) is 5.45. The second kappa shape index (κ2) is 1.50. The van der Waals surface area contributed by atoms with Gasteiger partial charge in [0, 0.05) is 0 Å². The summed E-state index contributed by atoms with van der Waals surface area (Å²) in [7, 11) is 0. The Hall–Kier alpha value is -1.65. The lowest BCUT2D eigenvalue weighted by atomic mass is 10.4. The maximum absolute atomic E-state index is 5.21. The van der Waals surface area contributed by atoms with Gasteiger partial charge in [-0.05, 0) is 0 Å². The highest BCUT2D eigenvalue weighted by atomic mass is 16.7. The molecule has 1 aromatic rings. The van der Waals surface area contributed by atoms with E-state index in [0.717, 1.165) is 0 Å². The number of hydrogen-bond donors (Lipinski definition) is 1. The average Bonchev–Trinajstić information content (AvgIpc) is 2.58. The van der Waals surface area contributed by atoms with Gasteiger partial charge in [0.25, 0.3) is 5.88 Å². The fourth-order valence-corrected chi connectivity index (χ4v) is 1.14. The molecule has 0 radical (unpaired) electrons. The minimum Gasteiger partial charge on any atom is -0.449 e. The lowest BCUT2D eigenvalue weighted by Gasteiger charge is -2.00. The number of fused-ring (bicyclic) bond motifs is 5. The van der Waals surface area contributed by atoms with Crippen LogP contribution in [-0.2, 0) is 0 Å². The molecule has 0 amide bonds. The molecule has 0 saturated carbocycles. The van der Waals surface area contributed by atoms with Crippen molar-refractivity contribution in [2.75, 3.05) is 12.2 Å². The number of hydrazone groups is 1. The van der Waals surface area contributed by atoms with E-state index in [4.69, 9.17) is 13.9 Å². The summed E-state index contributed by atoms with van der Waals surface area (Å²) in [6.07, 6.45) is 1.56. The molecule has 0 aliphatic carbocycles. The van der Waals surface area contributed by atoms with Gasteiger partial charge in [-0.25, -0.2) is 5.43 Å². The highest BCUT2D eigenvalue weighted by Gasteiger charge is 2.29. The molecule has 0 aromatic carbocycles. The zero-order valence-electron chi connectivity index (χ0n) is 5.46. The molecule has 2 aliphatic rings. The Kier molecular flexibility index (Phi) is 0.689.